The molecular formula is C26H22ClFN2O4. The van der Waals surface area contributed by atoms with Gasteiger partial charge in [-0.15, -0.1) is 0 Å². The second-order valence-electron chi connectivity index (χ2n) is 8.24. The van der Waals surface area contributed by atoms with Crippen molar-refractivity contribution in [3.05, 3.63) is 82.6 Å². The zero-order valence-corrected chi connectivity index (χ0v) is 19.1. The van der Waals surface area contributed by atoms with Crippen LogP contribution in [0.3, 0.4) is 0 Å². The lowest BCUT2D eigenvalue weighted by molar-refractivity contribution is -0.130. The Morgan fingerprint density at radius 2 is 1.71 bits per heavy atom. The highest BCUT2D eigenvalue weighted by Gasteiger charge is 2.26. The summed E-state index contributed by atoms with van der Waals surface area (Å²) in [7, 11) is 0. The molecule has 2 heterocycles. The van der Waals surface area contributed by atoms with Crippen LogP contribution in [-0.4, -0.2) is 48.0 Å². The van der Waals surface area contributed by atoms with E-state index in [-0.39, 0.29) is 30.8 Å². The Morgan fingerprint density at radius 3 is 2.50 bits per heavy atom. The monoisotopic (exact) mass is 480 g/mol. The summed E-state index contributed by atoms with van der Waals surface area (Å²) in [6.45, 7) is 1.62. The fraction of sp³-hybridized carbons (Fsp3) is 0.231. The molecule has 3 aromatic rings. The van der Waals surface area contributed by atoms with Crippen molar-refractivity contribution < 1.29 is 23.5 Å². The van der Waals surface area contributed by atoms with Crippen LogP contribution in [-0.2, 0) is 11.3 Å². The standard InChI is InChI=1S/C26H22ClFN2O4/c27-22-14-24-23(33-16-34-24)13-20(22)15-30-11-10-29(9-8-25(30)31)26(32)19-3-1-2-18(12-19)17-4-6-21(28)7-5-17/h1-7,12-14H,8-11,15-16H2. The summed E-state index contributed by atoms with van der Waals surface area (Å²) in [6.07, 6.45) is 0.228. The SMILES string of the molecule is O=C1CCN(C(=O)c2cccc(-c3ccc(F)cc3)c2)CCN1Cc1cc2c(cc1Cl)OCO2. The first-order chi connectivity index (χ1) is 16.5. The minimum atomic E-state index is -0.309. The maximum atomic E-state index is 13.3. The molecule has 1 saturated heterocycles. The summed E-state index contributed by atoms with van der Waals surface area (Å²) in [4.78, 5) is 29.4. The van der Waals surface area contributed by atoms with Crippen LogP contribution in [0.5, 0.6) is 11.5 Å². The molecule has 5 rings (SSSR count). The molecule has 2 aliphatic rings. The smallest absolute Gasteiger partial charge is 0.253 e. The molecule has 0 spiro atoms. The van der Waals surface area contributed by atoms with Gasteiger partial charge in [-0.2, -0.15) is 0 Å². The maximum absolute atomic E-state index is 13.3. The third kappa shape index (κ3) is 4.56. The van der Waals surface area contributed by atoms with Crippen LogP contribution in [0, 0.1) is 5.82 Å². The van der Waals surface area contributed by atoms with E-state index in [4.69, 9.17) is 21.1 Å². The number of nitrogens with zero attached hydrogens (tertiary/aromatic N) is 2. The van der Waals surface area contributed by atoms with E-state index in [2.05, 4.69) is 0 Å². The van der Waals surface area contributed by atoms with Crippen LogP contribution in [0.15, 0.2) is 60.7 Å². The normalized spacial score (nSPS) is 15.4. The Labute approximate surface area is 201 Å². The predicted octanol–water partition coefficient (Wildman–Crippen LogP) is 4.75. The molecule has 0 aliphatic carbocycles. The van der Waals surface area contributed by atoms with Crippen LogP contribution in [0.4, 0.5) is 4.39 Å². The van der Waals surface area contributed by atoms with E-state index < -0.39 is 0 Å². The molecule has 174 valence electrons. The first kappa shape index (κ1) is 22.2. The third-order valence-corrected chi connectivity index (χ3v) is 6.42. The summed E-state index contributed by atoms with van der Waals surface area (Å²) in [5.41, 5.74) is 2.96. The van der Waals surface area contributed by atoms with E-state index >= 15 is 0 Å². The van der Waals surface area contributed by atoms with Gasteiger partial charge < -0.3 is 19.3 Å². The topological polar surface area (TPSA) is 59.1 Å². The van der Waals surface area contributed by atoms with Crippen molar-refractivity contribution in [3.8, 4) is 22.6 Å². The van der Waals surface area contributed by atoms with Crippen molar-refractivity contribution in [1.82, 2.24) is 9.80 Å². The number of fused-ring (bicyclic) bond motifs is 1. The molecule has 34 heavy (non-hydrogen) atoms. The number of hydrogen-bond donors (Lipinski definition) is 0. The highest BCUT2D eigenvalue weighted by molar-refractivity contribution is 6.31. The molecule has 0 bridgehead atoms. The van der Waals surface area contributed by atoms with E-state index in [1.165, 1.54) is 12.1 Å². The van der Waals surface area contributed by atoms with Crippen molar-refractivity contribution in [2.24, 2.45) is 0 Å². The summed E-state index contributed by atoms with van der Waals surface area (Å²) in [5.74, 6) is 0.718. The van der Waals surface area contributed by atoms with E-state index in [0.29, 0.717) is 48.3 Å². The molecule has 6 nitrogen and oxygen atoms in total. The zero-order chi connectivity index (χ0) is 23.7. The van der Waals surface area contributed by atoms with Crippen LogP contribution < -0.4 is 9.47 Å². The largest absolute Gasteiger partial charge is 0.454 e. The van der Waals surface area contributed by atoms with E-state index in [0.717, 1.165) is 16.7 Å². The number of hydrogen-bond acceptors (Lipinski definition) is 4. The van der Waals surface area contributed by atoms with Gasteiger partial charge in [0.15, 0.2) is 11.5 Å². The highest BCUT2D eigenvalue weighted by Crippen LogP contribution is 2.37. The summed E-state index contributed by atoms with van der Waals surface area (Å²) < 4.78 is 24.0. The van der Waals surface area contributed by atoms with Crippen molar-refractivity contribution in [3.63, 3.8) is 0 Å². The van der Waals surface area contributed by atoms with Gasteiger partial charge in [-0.1, -0.05) is 35.9 Å². The molecule has 0 atom stereocenters. The number of amides is 2. The number of carbonyl (C=O) groups excluding carboxylic acids is 2. The van der Waals surface area contributed by atoms with Crippen molar-refractivity contribution in [1.29, 1.82) is 0 Å². The third-order valence-electron chi connectivity index (χ3n) is 6.07. The highest BCUT2D eigenvalue weighted by atomic mass is 35.5. The molecule has 0 aromatic heterocycles. The molecule has 0 N–H and O–H groups in total. The van der Waals surface area contributed by atoms with Gasteiger partial charge in [0, 0.05) is 49.3 Å². The number of ether oxygens (including phenoxy) is 2. The molecular weight excluding hydrogens is 459 g/mol. The lowest BCUT2D eigenvalue weighted by atomic mass is 10.0. The van der Waals surface area contributed by atoms with Crippen molar-refractivity contribution >= 4 is 23.4 Å². The number of halogens is 2. The van der Waals surface area contributed by atoms with Crippen molar-refractivity contribution in [2.75, 3.05) is 26.4 Å². The number of rotatable bonds is 4. The van der Waals surface area contributed by atoms with E-state index in [1.807, 2.05) is 12.1 Å². The number of benzene rings is 3. The second kappa shape index (κ2) is 9.35. The Balaban J connectivity index is 1.29. The average Bonchev–Trinajstić information content (AvgIpc) is 3.22. The first-order valence-electron chi connectivity index (χ1n) is 11.0. The molecule has 8 heteroatoms. The minimum Gasteiger partial charge on any atom is -0.454 e. The Hall–Kier alpha value is -3.58. The molecule has 2 amide bonds. The Morgan fingerprint density at radius 1 is 0.941 bits per heavy atom. The van der Waals surface area contributed by atoms with Gasteiger partial charge in [0.05, 0.1) is 0 Å². The summed E-state index contributed by atoms with van der Waals surface area (Å²) in [5, 5.41) is 0.506. The maximum Gasteiger partial charge on any atom is 0.253 e. The minimum absolute atomic E-state index is 0.0379. The number of carbonyl (C=O) groups is 2. The van der Waals surface area contributed by atoms with Gasteiger partial charge in [0.25, 0.3) is 5.91 Å². The molecule has 1 fully saturated rings. The van der Waals surface area contributed by atoms with Gasteiger partial charge in [0.1, 0.15) is 5.82 Å². The fourth-order valence-corrected chi connectivity index (χ4v) is 4.39. The summed E-state index contributed by atoms with van der Waals surface area (Å²) >= 11 is 6.39. The van der Waals surface area contributed by atoms with Crippen molar-refractivity contribution in [2.45, 2.75) is 13.0 Å². The molecule has 3 aromatic carbocycles. The Kier molecular flexibility index (Phi) is 6.11. The van der Waals surface area contributed by atoms with Crippen LogP contribution in [0.2, 0.25) is 5.02 Å². The van der Waals surface area contributed by atoms with E-state index in [9.17, 15) is 14.0 Å². The van der Waals surface area contributed by atoms with Gasteiger partial charge in [-0.05, 0) is 47.0 Å². The molecule has 0 unspecified atom stereocenters. The van der Waals surface area contributed by atoms with Gasteiger partial charge in [-0.3, -0.25) is 9.59 Å². The summed E-state index contributed by atoms with van der Waals surface area (Å²) in [6, 6.07) is 16.9. The van der Waals surface area contributed by atoms with Gasteiger partial charge >= 0.3 is 0 Å². The Bertz CT molecular complexity index is 1250. The first-order valence-corrected chi connectivity index (χ1v) is 11.4. The molecule has 0 radical (unpaired) electrons. The lowest BCUT2D eigenvalue weighted by Crippen LogP contribution is -2.35. The lowest BCUT2D eigenvalue weighted by Gasteiger charge is -2.23. The average molecular weight is 481 g/mol. The van der Waals surface area contributed by atoms with E-state index in [1.54, 1.807) is 46.2 Å². The van der Waals surface area contributed by atoms with Gasteiger partial charge in [0.2, 0.25) is 12.7 Å². The zero-order valence-electron chi connectivity index (χ0n) is 18.3. The molecule has 0 saturated carbocycles. The molecule has 2 aliphatic heterocycles. The van der Waals surface area contributed by atoms with Crippen LogP contribution in [0.25, 0.3) is 11.1 Å². The van der Waals surface area contributed by atoms with Crippen LogP contribution in [0.1, 0.15) is 22.3 Å². The van der Waals surface area contributed by atoms with Crippen LogP contribution >= 0.6 is 11.6 Å². The predicted molar refractivity (Wildman–Crippen MR) is 125 cm³/mol. The van der Waals surface area contributed by atoms with Gasteiger partial charge in [-0.25, -0.2) is 4.39 Å². The quantitative estimate of drug-likeness (QED) is 0.540. The fourth-order valence-electron chi connectivity index (χ4n) is 4.18. The second-order valence-corrected chi connectivity index (χ2v) is 8.65.